The van der Waals surface area contributed by atoms with E-state index in [2.05, 4.69) is 36.0 Å². The third-order valence-corrected chi connectivity index (χ3v) is 4.14. The predicted octanol–water partition coefficient (Wildman–Crippen LogP) is 3.51. The first-order valence-corrected chi connectivity index (χ1v) is 7.60. The van der Waals surface area contributed by atoms with Crippen molar-refractivity contribution in [1.29, 1.82) is 0 Å². The van der Waals surface area contributed by atoms with Gasteiger partial charge in [-0.15, -0.1) is 0 Å². The van der Waals surface area contributed by atoms with Crippen LogP contribution in [-0.4, -0.2) is 18.8 Å². The molecule has 4 nitrogen and oxygen atoms in total. The number of fused-ring (bicyclic) bond motifs is 1. The minimum atomic E-state index is 0.585. The Bertz CT molecular complexity index is 837. The summed E-state index contributed by atoms with van der Waals surface area (Å²) >= 11 is 0. The molecule has 0 aliphatic rings. The Morgan fingerprint density at radius 1 is 1.04 bits per heavy atom. The van der Waals surface area contributed by atoms with Crippen molar-refractivity contribution >= 4 is 16.6 Å². The fourth-order valence-corrected chi connectivity index (χ4v) is 3.03. The van der Waals surface area contributed by atoms with Gasteiger partial charge in [0.25, 0.3) is 0 Å². The molecule has 0 unspecified atom stereocenters. The second-order valence-electron chi connectivity index (χ2n) is 5.80. The highest BCUT2D eigenvalue weighted by Crippen LogP contribution is 2.29. The molecule has 0 saturated heterocycles. The maximum absolute atomic E-state index is 5.96. The van der Waals surface area contributed by atoms with Crippen LogP contribution in [0.2, 0.25) is 0 Å². The van der Waals surface area contributed by atoms with Crippen LogP contribution in [-0.2, 0) is 24.8 Å². The normalized spacial score (nSPS) is 11.1. The molecule has 2 N–H and O–H groups in total. The zero-order valence-electron chi connectivity index (χ0n) is 13.8. The SMILES string of the molecule is COCc1ccc(Cc2cn(C)c3ccc(N)cc23)c(OC)c1. The molecular weight excluding hydrogens is 288 g/mol. The van der Waals surface area contributed by atoms with E-state index in [-0.39, 0.29) is 0 Å². The molecule has 4 heteroatoms. The highest BCUT2D eigenvalue weighted by molar-refractivity contribution is 5.87. The van der Waals surface area contributed by atoms with E-state index in [1.54, 1.807) is 14.2 Å². The molecule has 0 spiro atoms. The van der Waals surface area contributed by atoms with E-state index in [0.29, 0.717) is 6.61 Å². The highest BCUT2D eigenvalue weighted by atomic mass is 16.5. The molecule has 0 bridgehead atoms. The average Bonchev–Trinajstić information content (AvgIpc) is 2.84. The van der Waals surface area contributed by atoms with E-state index in [1.807, 2.05) is 18.2 Å². The van der Waals surface area contributed by atoms with Crippen molar-refractivity contribution in [1.82, 2.24) is 4.57 Å². The lowest BCUT2D eigenvalue weighted by Crippen LogP contribution is -1.96. The number of anilines is 1. The van der Waals surface area contributed by atoms with Crippen LogP contribution in [0.25, 0.3) is 10.9 Å². The topological polar surface area (TPSA) is 49.4 Å². The number of methoxy groups -OCH3 is 2. The summed E-state index contributed by atoms with van der Waals surface area (Å²) < 4.78 is 12.9. The van der Waals surface area contributed by atoms with Crippen molar-refractivity contribution in [3.8, 4) is 5.75 Å². The lowest BCUT2D eigenvalue weighted by atomic mass is 10.0. The van der Waals surface area contributed by atoms with Crippen LogP contribution >= 0.6 is 0 Å². The van der Waals surface area contributed by atoms with Gasteiger partial charge in [-0.25, -0.2) is 0 Å². The van der Waals surface area contributed by atoms with Crippen LogP contribution in [0.1, 0.15) is 16.7 Å². The monoisotopic (exact) mass is 310 g/mol. The number of rotatable bonds is 5. The molecule has 3 rings (SSSR count). The van der Waals surface area contributed by atoms with Gasteiger partial charge in [-0.3, -0.25) is 0 Å². The molecule has 0 aliphatic heterocycles. The predicted molar refractivity (Wildman–Crippen MR) is 93.8 cm³/mol. The minimum Gasteiger partial charge on any atom is -0.496 e. The van der Waals surface area contributed by atoms with E-state index in [1.165, 1.54) is 16.5 Å². The minimum absolute atomic E-state index is 0.585. The fourth-order valence-electron chi connectivity index (χ4n) is 3.03. The number of nitrogen functional groups attached to an aromatic ring is 1. The highest BCUT2D eigenvalue weighted by Gasteiger charge is 2.11. The second kappa shape index (κ2) is 6.34. The van der Waals surface area contributed by atoms with Gasteiger partial charge in [0, 0.05) is 43.4 Å². The van der Waals surface area contributed by atoms with Gasteiger partial charge in [0.15, 0.2) is 0 Å². The molecule has 0 fully saturated rings. The lowest BCUT2D eigenvalue weighted by molar-refractivity contribution is 0.184. The van der Waals surface area contributed by atoms with Gasteiger partial charge in [0.2, 0.25) is 0 Å². The molecule has 1 aromatic heterocycles. The second-order valence-corrected chi connectivity index (χ2v) is 5.80. The standard InChI is InChI=1S/C19H22N2O2/c1-21-11-15(17-10-16(20)6-7-18(17)21)9-14-5-4-13(12-22-2)8-19(14)23-3/h4-8,10-11H,9,12,20H2,1-3H3. The molecule has 3 aromatic rings. The summed E-state index contributed by atoms with van der Waals surface area (Å²) in [5, 5.41) is 1.19. The van der Waals surface area contributed by atoms with E-state index in [9.17, 15) is 0 Å². The van der Waals surface area contributed by atoms with Gasteiger partial charge in [0.1, 0.15) is 5.75 Å². The van der Waals surface area contributed by atoms with Crippen molar-refractivity contribution in [2.45, 2.75) is 13.0 Å². The fraction of sp³-hybridized carbons (Fsp3) is 0.263. The molecule has 0 atom stereocenters. The summed E-state index contributed by atoms with van der Waals surface area (Å²) in [6.45, 7) is 0.585. The first-order chi connectivity index (χ1) is 11.1. The zero-order valence-corrected chi connectivity index (χ0v) is 13.8. The number of ether oxygens (including phenoxy) is 2. The smallest absolute Gasteiger partial charge is 0.122 e. The molecule has 2 aromatic carbocycles. The summed E-state index contributed by atoms with van der Waals surface area (Å²) in [6.07, 6.45) is 2.96. The van der Waals surface area contributed by atoms with Crippen molar-refractivity contribution in [2.75, 3.05) is 20.0 Å². The Labute approximate surface area is 136 Å². The van der Waals surface area contributed by atoms with Crippen LogP contribution in [0, 0.1) is 0 Å². The molecule has 120 valence electrons. The maximum atomic E-state index is 5.96. The van der Waals surface area contributed by atoms with E-state index in [4.69, 9.17) is 15.2 Å². The van der Waals surface area contributed by atoms with Gasteiger partial charge < -0.3 is 19.8 Å². The molecular formula is C19H22N2O2. The molecule has 0 amide bonds. The van der Waals surface area contributed by atoms with Crippen LogP contribution in [0.15, 0.2) is 42.6 Å². The lowest BCUT2D eigenvalue weighted by Gasteiger charge is -2.10. The average molecular weight is 310 g/mol. The number of aromatic nitrogens is 1. The van der Waals surface area contributed by atoms with E-state index >= 15 is 0 Å². The third-order valence-electron chi connectivity index (χ3n) is 4.14. The van der Waals surface area contributed by atoms with Crippen molar-refractivity contribution in [3.05, 3.63) is 59.3 Å². The molecule has 0 radical (unpaired) electrons. The van der Waals surface area contributed by atoms with Crippen LogP contribution in [0.5, 0.6) is 5.75 Å². The number of nitrogens with two attached hydrogens (primary N) is 1. The largest absolute Gasteiger partial charge is 0.496 e. The number of nitrogens with zero attached hydrogens (tertiary/aromatic N) is 1. The number of aryl methyl sites for hydroxylation is 1. The maximum Gasteiger partial charge on any atom is 0.122 e. The third kappa shape index (κ3) is 3.03. The Balaban J connectivity index is 2.00. The van der Waals surface area contributed by atoms with Gasteiger partial charge in [-0.2, -0.15) is 0 Å². The molecule has 1 heterocycles. The summed E-state index contributed by atoms with van der Waals surface area (Å²) in [4.78, 5) is 0. The van der Waals surface area contributed by atoms with Gasteiger partial charge in [0.05, 0.1) is 13.7 Å². The van der Waals surface area contributed by atoms with Crippen LogP contribution in [0.4, 0.5) is 5.69 Å². The summed E-state index contributed by atoms with van der Waals surface area (Å²) in [7, 11) is 5.46. The Kier molecular flexibility index (Phi) is 4.26. The van der Waals surface area contributed by atoms with Crippen molar-refractivity contribution in [2.24, 2.45) is 7.05 Å². The number of benzene rings is 2. The first kappa shape index (κ1) is 15.4. The number of hydrogen-bond donors (Lipinski definition) is 1. The van der Waals surface area contributed by atoms with Crippen molar-refractivity contribution in [3.63, 3.8) is 0 Å². The Hall–Kier alpha value is -2.46. The molecule has 0 aliphatic carbocycles. The summed E-state index contributed by atoms with van der Waals surface area (Å²) in [5.74, 6) is 0.889. The van der Waals surface area contributed by atoms with Crippen molar-refractivity contribution < 1.29 is 9.47 Å². The number of hydrogen-bond acceptors (Lipinski definition) is 3. The van der Waals surface area contributed by atoms with Crippen LogP contribution in [0.3, 0.4) is 0 Å². The Morgan fingerprint density at radius 3 is 2.61 bits per heavy atom. The first-order valence-electron chi connectivity index (χ1n) is 7.60. The van der Waals surface area contributed by atoms with Crippen LogP contribution < -0.4 is 10.5 Å². The van der Waals surface area contributed by atoms with Gasteiger partial charge >= 0.3 is 0 Å². The van der Waals surface area contributed by atoms with Gasteiger partial charge in [-0.05, 0) is 41.0 Å². The zero-order chi connectivity index (χ0) is 16.4. The molecule has 0 saturated carbocycles. The Morgan fingerprint density at radius 2 is 1.87 bits per heavy atom. The molecule has 23 heavy (non-hydrogen) atoms. The summed E-state index contributed by atoms with van der Waals surface area (Å²) in [6, 6.07) is 12.3. The van der Waals surface area contributed by atoms with E-state index < -0.39 is 0 Å². The summed E-state index contributed by atoms with van der Waals surface area (Å²) in [5.41, 5.74) is 11.4. The van der Waals surface area contributed by atoms with Gasteiger partial charge in [-0.1, -0.05) is 12.1 Å². The quantitative estimate of drug-likeness (QED) is 0.734. The van der Waals surface area contributed by atoms with E-state index in [0.717, 1.165) is 29.0 Å².